The van der Waals surface area contributed by atoms with E-state index in [1.54, 1.807) is 12.5 Å². The molecule has 1 saturated heterocycles. The van der Waals surface area contributed by atoms with E-state index in [9.17, 15) is 4.79 Å². The number of aromatic nitrogens is 3. The number of hydrogen-bond acceptors (Lipinski definition) is 4. The SMILES string of the molecule is Cc1nc(-c2ccco2)ccc1C(=O)N1CCC[C@H](n2cccn2)C1. The van der Waals surface area contributed by atoms with Gasteiger partial charge in [0.1, 0.15) is 5.69 Å². The molecular weight excluding hydrogens is 316 g/mol. The topological polar surface area (TPSA) is 64.2 Å². The summed E-state index contributed by atoms with van der Waals surface area (Å²) < 4.78 is 7.33. The third-order valence-corrected chi connectivity index (χ3v) is 4.67. The van der Waals surface area contributed by atoms with Gasteiger partial charge in [0.05, 0.1) is 23.6 Å². The van der Waals surface area contributed by atoms with Gasteiger partial charge in [0.2, 0.25) is 0 Å². The summed E-state index contributed by atoms with van der Waals surface area (Å²) in [6.45, 7) is 3.32. The molecule has 1 aliphatic heterocycles. The van der Waals surface area contributed by atoms with Crippen molar-refractivity contribution >= 4 is 5.91 Å². The molecule has 1 amide bonds. The predicted molar refractivity (Wildman–Crippen MR) is 93.1 cm³/mol. The van der Waals surface area contributed by atoms with Crippen LogP contribution in [0.3, 0.4) is 0 Å². The van der Waals surface area contributed by atoms with E-state index in [1.165, 1.54) is 0 Å². The third-order valence-electron chi connectivity index (χ3n) is 4.67. The molecule has 0 N–H and O–H groups in total. The van der Waals surface area contributed by atoms with Gasteiger partial charge in [-0.2, -0.15) is 5.10 Å². The highest BCUT2D eigenvalue weighted by Crippen LogP contribution is 2.24. The van der Waals surface area contributed by atoms with Gasteiger partial charge in [0, 0.05) is 25.5 Å². The first kappa shape index (κ1) is 15.6. The van der Waals surface area contributed by atoms with Crippen molar-refractivity contribution in [2.24, 2.45) is 0 Å². The lowest BCUT2D eigenvalue weighted by Gasteiger charge is -2.33. The number of furan rings is 1. The van der Waals surface area contributed by atoms with E-state index in [-0.39, 0.29) is 11.9 Å². The molecule has 4 heterocycles. The van der Waals surface area contributed by atoms with E-state index >= 15 is 0 Å². The highest BCUT2D eigenvalue weighted by molar-refractivity contribution is 5.95. The number of rotatable bonds is 3. The zero-order chi connectivity index (χ0) is 17.2. The lowest BCUT2D eigenvalue weighted by Crippen LogP contribution is -2.41. The summed E-state index contributed by atoms with van der Waals surface area (Å²) in [6.07, 6.45) is 7.38. The summed E-state index contributed by atoms with van der Waals surface area (Å²) in [5.41, 5.74) is 2.11. The first-order chi connectivity index (χ1) is 12.2. The molecule has 25 heavy (non-hydrogen) atoms. The van der Waals surface area contributed by atoms with E-state index in [2.05, 4.69) is 10.1 Å². The number of carbonyl (C=O) groups excluding carboxylic acids is 1. The molecule has 0 aliphatic carbocycles. The quantitative estimate of drug-likeness (QED) is 0.736. The Morgan fingerprint density at radius 2 is 2.20 bits per heavy atom. The molecule has 1 fully saturated rings. The molecule has 1 atom stereocenters. The molecule has 0 unspecified atom stereocenters. The van der Waals surface area contributed by atoms with Gasteiger partial charge in [-0.1, -0.05) is 0 Å². The molecule has 0 radical (unpaired) electrons. The third kappa shape index (κ3) is 3.07. The van der Waals surface area contributed by atoms with Crippen LogP contribution in [0.25, 0.3) is 11.5 Å². The Morgan fingerprint density at radius 3 is 2.92 bits per heavy atom. The highest BCUT2D eigenvalue weighted by Gasteiger charge is 2.26. The van der Waals surface area contributed by atoms with Crippen LogP contribution in [0, 0.1) is 6.92 Å². The van der Waals surface area contributed by atoms with E-state index in [0.717, 1.165) is 30.8 Å². The van der Waals surface area contributed by atoms with Crippen molar-refractivity contribution in [3.8, 4) is 11.5 Å². The number of pyridine rings is 1. The second-order valence-corrected chi connectivity index (χ2v) is 6.34. The van der Waals surface area contributed by atoms with Crippen LogP contribution in [0.5, 0.6) is 0 Å². The van der Waals surface area contributed by atoms with Gasteiger partial charge in [-0.15, -0.1) is 0 Å². The summed E-state index contributed by atoms with van der Waals surface area (Å²) in [4.78, 5) is 19.4. The lowest BCUT2D eigenvalue weighted by molar-refractivity contribution is 0.0671. The minimum atomic E-state index is 0.0350. The van der Waals surface area contributed by atoms with Crippen molar-refractivity contribution in [1.82, 2.24) is 19.7 Å². The smallest absolute Gasteiger partial charge is 0.255 e. The Kier molecular flexibility index (Phi) is 4.09. The largest absolute Gasteiger partial charge is 0.463 e. The van der Waals surface area contributed by atoms with Gasteiger partial charge < -0.3 is 9.32 Å². The molecule has 0 aromatic carbocycles. The molecule has 3 aromatic rings. The zero-order valence-electron chi connectivity index (χ0n) is 14.1. The van der Waals surface area contributed by atoms with Crippen LogP contribution in [-0.2, 0) is 0 Å². The molecule has 128 valence electrons. The Bertz CT molecular complexity index is 856. The van der Waals surface area contributed by atoms with E-state index in [4.69, 9.17) is 4.42 Å². The van der Waals surface area contributed by atoms with Crippen molar-refractivity contribution in [1.29, 1.82) is 0 Å². The first-order valence-corrected chi connectivity index (χ1v) is 8.52. The fourth-order valence-electron chi connectivity index (χ4n) is 3.37. The minimum absolute atomic E-state index is 0.0350. The predicted octanol–water partition coefficient (Wildman–Crippen LogP) is 3.32. The van der Waals surface area contributed by atoms with E-state index < -0.39 is 0 Å². The Labute approximate surface area is 146 Å². The van der Waals surface area contributed by atoms with Crippen LogP contribution in [0.4, 0.5) is 0 Å². The maximum atomic E-state index is 13.0. The monoisotopic (exact) mass is 336 g/mol. The number of amides is 1. The van der Waals surface area contributed by atoms with E-state index in [1.807, 2.05) is 53.0 Å². The summed E-state index contributed by atoms with van der Waals surface area (Å²) in [5, 5.41) is 4.32. The average molecular weight is 336 g/mol. The number of hydrogen-bond donors (Lipinski definition) is 0. The van der Waals surface area contributed by atoms with Gasteiger partial charge >= 0.3 is 0 Å². The minimum Gasteiger partial charge on any atom is -0.463 e. The standard InChI is InChI=1S/C19H20N4O2/c1-14-16(7-8-17(21-14)18-6-3-12-25-18)19(24)22-10-2-5-15(13-22)23-11-4-9-20-23/h3-4,6-9,11-12,15H,2,5,10,13H2,1H3/t15-/m0/s1. The van der Waals surface area contributed by atoms with Gasteiger partial charge in [-0.05, 0) is 50.1 Å². The van der Waals surface area contributed by atoms with Crippen molar-refractivity contribution < 1.29 is 9.21 Å². The molecule has 6 heteroatoms. The van der Waals surface area contributed by atoms with Crippen LogP contribution >= 0.6 is 0 Å². The molecular formula is C19H20N4O2. The zero-order valence-corrected chi connectivity index (χ0v) is 14.1. The highest BCUT2D eigenvalue weighted by atomic mass is 16.3. The van der Waals surface area contributed by atoms with Crippen LogP contribution in [-0.4, -0.2) is 38.7 Å². The lowest BCUT2D eigenvalue weighted by atomic mass is 10.0. The van der Waals surface area contributed by atoms with Crippen LogP contribution in [0.2, 0.25) is 0 Å². The summed E-state index contributed by atoms with van der Waals surface area (Å²) in [6, 6.07) is 9.54. The number of piperidine rings is 1. The maximum Gasteiger partial charge on any atom is 0.255 e. The second-order valence-electron chi connectivity index (χ2n) is 6.34. The fraction of sp³-hybridized carbons (Fsp3) is 0.316. The van der Waals surface area contributed by atoms with Gasteiger partial charge in [0.15, 0.2) is 5.76 Å². The van der Waals surface area contributed by atoms with Crippen LogP contribution < -0.4 is 0 Å². The Morgan fingerprint density at radius 1 is 1.28 bits per heavy atom. The fourth-order valence-corrected chi connectivity index (χ4v) is 3.37. The van der Waals surface area contributed by atoms with E-state index in [0.29, 0.717) is 17.9 Å². The average Bonchev–Trinajstić information content (AvgIpc) is 3.35. The van der Waals surface area contributed by atoms with Crippen molar-refractivity contribution in [3.05, 3.63) is 60.2 Å². The molecule has 6 nitrogen and oxygen atoms in total. The van der Waals surface area contributed by atoms with Gasteiger partial charge in [0.25, 0.3) is 5.91 Å². The molecule has 4 rings (SSSR count). The molecule has 0 bridgehead atoms. The van der Waals surface area contributed by atoms with Gasteiger partial charge in [-0.3, -0.25) is 9.48 Å². The van der Waals surface area contributed by atoms with Crippen molar-refractivity contribution in [2.75, 3.05) is 13.1 Å². The first-order valence-electron chi connectivity index (χ1n) is 8.52. The second kappa shape index (κ2) is 6.55. The van der Waals surface area contributed by atoms with Crippen molar-refractivity contribution in [2.45, 2.75) is 25.8 Å². The summed E-state index contributed by atoms with van der Waals surface area (Å²) in [7, 11) is 0. The Hall–Kier alpha value is -2.89. The van der Waals surface area contributed by atoms with Crippen LogP contribution in [0.1, 0.15) is 34.9 Å². The summed E-state index contributed by atoms with van der Waals surface area (Å²) >= 11 is 0. The number of likely N-dealkylation sites (tertiary alicyclic amines) is 1. The maximum absolute atomic E-state index is 13.0. The van der Waals surface area contributed by atoms with Crippen LogP contribution in [0.15, 0.2) is 53.4 Å². The van der Waals surface area contributed by atoms with Gasteiger partial charge in [-0.25, -0.2) is 4.98 Å². The van der Waals surface area contributed by atoms with Crippen molar-refractivity contribution in [3.63, 3.8) is 0 Å². The number of nitrogens with zero attached hydrogens (tertiary/aromatic N) is 4. The summed E-state index contributed by atoms with van der Waals surface area (Å²) in [5.74, 6) is 0.742. The Balaban J connectivity index is 1.54. The normalized spacial score (nSPS) is 17.6. The number of aryl methyl sites for hydroxylation is 1. The molecule has 0 spiro atoms. The number of carbonyl (C=O) groups is 1. The molecule has 3 aromatic heterocycles. The molecule has 0 saturated carbocycles. The molecule has 1 aliphatic rings.